The van der Waals surface area contributed by atoms with E-state index < -0.39 is 35.9 Å². The molecule has 11 heteroatoms. The van der Waals surface area contributed by atoms with Gasteiger partial charge in [0.1, 0.15) is 30.2 Å². The second-order valence-corrected chi connectivity index (χ2v) is 11.9. The number of ketones is 1. The molecular formula is C33H34N4O6S. The molecule has 1 aliphatic rings. The van der Waals surface area contributed by atoms with Crippen molar-refractivity contribution >= 4 is 46.6 Å². The quantitative estimate of drug-likeness (QED) is 0.182. The highest BCUT2D eigenvalue weighted by atomic mass is 32.2. The predicted octanol–water partition coefficient (Wildman–Crippen LogP) is 4.80. The van der Waals surface area contributed by atoms with Gasteiger partial charge in [-0.05, 0) is 35.6 Å². The van der Waals surface area contributed by atoms with E-state index in [2.05, 4.69) is 15.6 Å². The summed E-state index contributed by atoms with van der Waals surface area (Å²) in [7, 11) is 0. The Morgan fingerprint density at radius 1 is 0.955 bits per heavy atom. The van der Waals surface area contributed by atoms with E-state index in [9.17, 15) is 19.2 Å². The minimum Gasteiger partial charge on any atom is -0.445 e. The molecule has 3 amide bonds. The number of rotatable bonds is 11. The maximum Gasteiger partial charge on any atom is 0.408 e. The summed E-state index contributed by atoms with van der Waals surface area (Å²) in [5.74, 6) is -2.23. The van der Waals surface area contributed by atoms with Crippen LogP contribution in [0.25, 0.3) is 11.1 Å². The van der Waals surface area contributed by atoms with Crippen LogP contribution in [0, 0.1) is 11.8 Å². The van der Waals surface area contributed by atoms with Crippen molar-refractivity contribution in [1.29, 1.82) is 0 Å². The Labute approximate surface area is 259 Å². The minimum atomic E-state index is -1.14. The summed E-state index contributed by atoms with van der Waals surface area (Å²) in [6.07, 6.45) is -1.26. The molecule has 1 aliphatic heterocycles. The van der Waals surface area contributed by atoms with Crippen LogP contribution in [0.2, 0.25) is 0 Å². The number of oxazole rings is 1. The first-order valence-electron chi connectivity index (χ1n) is 14.4. The molecule has 0 unspecified atom stereocenters. The van der Waals surface area contributed by atoms with Crippen LogP contribution in [-0.4, -0.2) is 57.4 Å². The number of nitrogens with zero attached hydrogens (tertiary/aromatic N) is 2. The number of hydrogen-bond donors (Lipinski definition) is 2. The van der Waals surface area contributed by atoms with Crippen molar-refractivity contribution in [1.82, 2.24) is 20.5 Å². The number of ether oxygens (including phenoxy) is 1. The highest BCUT2D eigenvalue weighted by Crippen LogP contribution is 2.24. The average Bonchev–Trinajstić information content (AvgIpc) is 3.69. The Kier molecular flexibility index (Phi) is 9.96. The number of nitrogens with one attached hydrogen (secondary N) is 2. The molecule has 5 rings (SSSR count). The number of carbonyl (C=O) groups is 4. The van der Waals surface area contributed by atoms with Gasteiger partial charge in [0.2, 0.25) is 17.6 Å². The van der Waals surface area contributed by atoms with E-state index in [1.807, 2.05) is 74.5 Å². The summed E-state index contributed by atoms with van der Waals surface area (Å²) in [4.78, 5) is 59.6. The molecule has 44 heavy (non-hydrogen) atoms. The maximum absolute atomic E-state index is 13.8. The van der Waals surface area contributed by atoms with Gasteiger partial charge in [0, 0.05) is 5.75 Å². The summed E-state index contributed by atoms with van der Waals surface area (Å²) in [5.41, 5.74) is 2.59. The second kappa shape index (κ2) is 14.2. The van der Waals surface area contributed by atoms with E-state index >= 15 is 0 Å². The minimum absolute atomic E-state index is 0.0703. The third kappa shape index (κ3) is 7.46. The van der Waals surface area contributed by atoms with Gasteiger partial charge < -0.3 is 24.7 Å². The fraction of sp³-hybridized carbons (Fsp3) is 0.303. The number of benzene rings is 3. The third-order valence-corrected chi connectivity index (χ3v) is 8.33. The maximum atomic E-state index is 13.8. The molecule has 4 aromatic rings. The molecule has 2 heterocycles. The standard InChI is InChI=1S/C33H34N4O6S/c1-21(2)28(36-33(41)42-18-23-13-7-4-8-14-23)32(40)37-20-44-19-27(37)35-30(39)24(17-22-11-5-3-6-12-22)29(38)31-34-25-15-9-10-16-26(25)43-31/h3-16,21,24,27-28H,17-20H2,1-2H3,(H,35,39)(H,36,41)/t24-,27+,28-/m0/s1. The first kappa shape index (κ1) is 30.8. The van der Waals surface area contributed by atoms with Gasteiger partial charge in [0.15, 0.2) is 5.58 Å². The molecule has 1 aromatic heterocycles. The number of thioether (sulfide) groups is 1. The Bertz CT molecular complexity index is 1580. The van der Waals surface area contributed by atoms with Crippen LogP contribution in [0.5, 0.6) is 0 Å². The Balaban J connectivity index is 1.29. The first-order chi connectivity index (χ1) is 21.3. The molecule has 0 radical (unpaired) electrons. The topological polar surface area (TPSA) is 131 Å². The van der Waals surface area contributed by atoms with Gasteiger partial charge in [-0.3, -0.25) is 14.4 Å². The van der Waals surface area contributed by atoms with Crippen LogP contribution in [0.3, 0.4) is 0 Å². The van der Waals surface area contributed by atoms with Gasteiger partial charge in [-0.2, -0.15) is 0 Å². The summed E-state index contributed by atoms with van der Waals surface area (Å²) in [5, 5.41) is 5.62. The lowest BCUT2D eigenvalue weighted by Gasteiger charge is -2.31. The van der Waals surface area contributed by atoms with Crippen molar-refractivity contribution in [2.75, 3.05) is 11.6 Å². The number of aromatic nitrogens is 1. The van der Waals surface area contributed by atoms with Crippen molar-refractivity contribution in [3.63, 3.8) is 0 Å². The fourth-order valence-electron chi connectivity index (χ4n) is 4.91. The summed E-state index contributed by atoms with van der Waals surface area (Å²) in [6.45, 7) is 3.72. The molecular weight excluding hydrogens is 580 g/mol. The lowest BCUT2D eigenvalue weighted by molar-refractivity contribution is -0.136. The van der Waals surface area contributed by atoms with Gasteiger partial charge >= 0.3 is 6.09 Å². The van der Waals surface area contributed by atoms with Gasteiger partial charge in [-0.1, -0.05) is 86.6 Å². The summed E-state index contributed by atoms with van der Waals surface area (Å²) in [6, 6.07) is 24.6. The normalized spacial score (nSPS) is 16.0. The van der Waals surface area contributed by atoms with E-state index in [0.29, 0.717) is 22.7 Å². The van der Waals surface area contributed by atoms with E-state index in [-0.39, 0.29) is 30.7 Å². The average molecular weight is 615 g/mol. The summed E-state index contributed by atoms with van der Waals surface area (Å²) >= 11 is 1.47. The number of para-hydroxylation sites is 2. The van der Waals surface area contributed by atoms with Gasteiger partial charge in [-0.25, -0.2) is 9.78 Å². The zero-order chi connectivity index (χ0) is 31.1. The van der Waals surface area contributed by atoms with Crippen molar-refractivity contribution in [3.05, 3.63) is 102 Å². The molecule has 3 atom stereocenters. The van der Waals surface area contributed by atoms with E-state index in [0.717, 1.165) is 11.1 Å². The summed E-state index contributed by atoms with van der Waals surface area (Å²) < 4.78 is 11.1. The van der Waals surface area contributed by atoms with Crippen molar-refractivity contribution < 1.29 is 28.3 Å². The Morgan fingerprint density at radius 3 is 2.30 bits per heavy atom. The van der Waals surface area contributed by atoms with Crippen molar-refractivity contribution in [2.24, 2.45) is 11.8 Å². The monoisotopic (exact) mass is 614 g/mol. The van der Waals surface area contributed by atoms with Crippen LogP contribution < -0.4 is 10.6 Å². The SMILES string of the molecule is CC(C)[C@H](NC(=O)OCc1ccccc1)C(=O)N1CSC[C@@H]1NC(=O)[C@@H](Cc1ccccc1)C(=O)c1nc2ccccc2o1. The molecule has 1 saturated heterocycles. The van der Waals surface area contributed by atoms with Crippen molar-refractivity contribution in [2.45, 2.75) is 39.1 Å². The molecule has 3 aromatic carbocycles. The van der Waals surface area contributed by atoms with Gasteiger partial charge in [-0.15, -0.1) is 11.8 Å². The molecule has 0 saturated carbocycles. The van der Waals surface area contributed by atoms with E-state index in [4.69, 9.17) is 9.15 Å². The smallest absolute Gasteiger partial charge is 0.408 e. The highest BCUT2D eigenvalue weighted by Gasteiger charge is 2.39. The Hall–Kier alpha value is -4.64. The highest BCUT2D eigenvalue weighted by molar-refractivity contribution is 7.99. The number of amides is 3. The molecule has 0 spiro atoms. The van der Waals surface area contributed by atoms with Crippen LogP contribution >= 0.6 is 11.8 Å². The number of alkyl carbamates (subject to hydrolysis) is 1. The molecule has 2 N–H and O–H groups in total. The first-order valence-corrected chi connectivity index (χ1v) is 15.5. The number of Topliss-reactive ketones (excluding diaryl/α,β-unsaturated/α-hetero) is 1. The zero-order valence-electron chi connectivity index (χ0n) is 24.5. The molecule has 228 valence electrons. The molecule has 0 aliphatic carbocycles. The predicted molar refractivity (Wildman–Crippen MR) is 166 cm³/mol. The lowest BCUT2D eigenvalue weighted by atomic mass is 9.94. The molecule has 0 bridgehead atoms. The second-order valence-electron chi connectivity index (χ2n) is 10.9. The third-order valence-electron chi connectivity index (χ3n) is 7.31. The molecule has 1 fully saturated rings. The fourth-order valence-corrected chi connectivity index (χ4v) is 6.00. The number of carbonyl (C=O) groups excluding carboxylic acids is 4. The van der Waals surface area contributed by atoms with Gasteiger partial charge in [0.25, 0.3) is 5.89 Å². The van der Waals surface area contributed by atoms with Gasteiger partial charge in [0.05, 0.1) is 5.88 Å². The molecule has 10 nitrogen and oxygen atoms in total. The van der Waals surface area contributed by atoms with Crippen LogP contribution in [-0.2, 0) is 27.4 Å². The Morgan fingerprint density at radius 2 is 1.61 bits per heavy atom. The largest absolute Gasteiger partial charge is 0.445 e. The number of hydrogen-bond acceptors (Lipinski definition) is 8. The van der Waals surface area contributed by atoms with E-state index in [1.165, 1.54) is 16.7 Å². The van der Waals surface area contributed by atoms with Crippen LogP contribution in [0.4, 0.5) is 4.79 Å². The van der Waals surface area contributed by atoms with E-state index in [1.54, 1.807) is 24.3 Å². The van der Waals surface area contributed by atoms with Crippen LogP contribution in [0.15, 0.2) is 89.3 Å². The van der Waals surface area contributed by atoms with Crippen molar-refractivity contribution in [3.8, 4) is 0 Å². The lowest BCUT2D eigenvalue weighted by Crippen LogP contribution is -2.57. The number of fused-ring (bicyclic) bond motifs is 1. The zero-order valence-corrected chi connectivity index (χ0v) is 25.3. The van der Waals surface area contributed by atoms with Crippen LogP contribution in [0.1, 0.15) is 35.7 Å².